The first-order valence-electron chi connectivity index (χ1n) is 18.3. The van der Waals surface area contributed by atoms with E-state index in [9.17, 15) is 0 Å². The molecule has 0 heterocycles. The van der Waals surface area contributed by atoms with E-state index in [1.54, 1.807) is 0 Å². The van der Waals surface area contributed by atoms with E-state index >= 15 is 0 Å². The van der Waals surface area contributed by atoms with Gasteiger partial charge >= 0.3 is 0 Å². The van der Waals surface area contributed by atoms with Crippen LogP contribution in [0.2, 0.25) is 0 Å². The maximum Gasteiger partial charge on any atom is 0.0465 e. The Balaban J connectivity index is 3.13. The summed E-state index contributed by atoms with van der Waals surface area (Å²) in [5.41, 5.74) is 0. The van der Waals surface area contributed by atoms with Crippen LogP contribution in [0.25, 0.3) is 0 Å². The molecule has 0 saturated carbocycles. The first kappa shape index (κ1) is 38.4. The van der Waals surface area contributed by atoms with Gasteiger partial charge in [-0.25, -0.2) is 0 Å². The first-order chi connectivity index (χ1) is 19.4. The number of rotatable bonds is 34. The molecule has 0 aliphatic rings. The van der Waals surface area contributed by atoms with Crippen molar-refractivity contribution in [1.82, 2.24) is 0 Å². The Kier molecular flexibility index (Phi) is 36.9. The second-order valence-electron chi connectivity index (χ2n) is 12.1. The van der Waals surface area contributed by atoms with Crippen LogP contribution in [-0.2, 0) is 4.74 Å². The fourth-order valence-corrected chi connectivity index (χ4v) is 5.48. The number of allylic oxidation sites excluding steroid dienone is 4. The molecular formula is C38H74O. The second-order valence-corrected chi connectivity index (χ2v) is 12.1. The SMILES string of the molecule is CCCCCCCCCCCCCCCCCCC/C=C/CCCCC/C=C/CCCCCCCCOCC. The standard InChI is InChI=1S/C38H74O/c1-3-5-6-7-8-9-10-11-12-13-14-15-16-17-18-19-20-21-22-23-24-25-26-27-28-29-30-31-32-33-34-35-36-37-38-39-4-2/h22-23,29-30H,3-21,24-28,31-38H2,1-2H3/b23-22+,30-29+. The fourth-order valence-electron chi connectivity index (χ4n) is 5.48. The van der Waals surface area contributed by atoms with E-state index in [-0.39, 0.29) is 0 Å². The zero-order chi connectivity index (χ0) is 28.2. The van der Waals surface area contributed by atoms with Crippen LogP contribution < -0.4 is 0 Å². The molecule has 232 valence electrons. The summed E-state index contributed by atoms with van der Waals surface area (Å²) in [6.07, 6.45) is 51.9. The normalized spacial score (nSPS) is 11.9. The summed E-state index contributed by atoms with van der Waals surface area (Å²) in [4.78, 5) is 0. The predicted octanol–water partition coefficient (Wildman–Crippen LogP) is 13.9. The average molecular weight is 547 g/mol. The van der Waals surface area contributed by atoms with Crippen LogP contribution in [0.15, 0.2) is 24.3 Å². The summed E-state index contributed by atoms with van der Waals surface area (Å²) in [5, 5.41) is 0. The van der Waals surface area contributed by atoms with E-state index in [1.807, 2.05) is 0 Å². The van der Waals surface area contributed by atoms with Crippen molar-refractivity contribution in [3.63, 3.8) is 0 Å². The van der Waals surface area contributed by atoms with Crippen LogP contribution >= 0.6 is 0 Å². The maximum absolute atomic E-state index is 5.39. The van der Waals surface area contributed by atoms with Gasteiger partial charge in [0, 0.05) is 13.2 Å². The lowest BCUT2D eigenvalue weighted by molar-refractivity contribution is 0.143. The van der Waals surface area contributed by atoms with E-state index in [0.717, 1.165) is 13.2 Å². The quantitative estimate of drug-likeness (QED) is 0.0576. The number of unbranched alkanes of at least 4 members (excludes halogenated alkanes) is 27. The van der Waals surface area contributed by atoms with E-state index in [1.165, 1.54) is 193 Å². The summed E-state index contributed by atoms with van der Waals surface area (Å²) in [5.74, 6) is 0. The maximum atomic E-state index is 5.39. The fraction of sp³-hybridized carbons (Fsp3) is 0.895. The van der Waals surface area contributed by atoms with Gasteiger partial charge in [0.15, 0.2) is 0 Å². The lowest BCUT2D eigenvalue weighted by Crippen LogP contribution is -1.92. The molecule has 0 bridgehead atoms. The van der Waals surface area contributed by atoms with Crippen LogP contribution in [0.4, 0.5) is 0 Å². The van der Waals surface area contributed by atoms with Crippen molar-refractivity contribution in [2.45, 2.75) is 206 Å². The molecule has 0 aromatic heterocycles. The molecule has 0 spiro atoms. The molecule has 0 aromatic rings. The van der Waals surface area contributed by atoms with E-state index in [2.05, 4.69) is 38.2 Å². The van der Waals surface area contributed by atoms with E-state index < -0.39 is 0 Å². The molecule has 0 saturated heterocycles. The van der Waals surface area contributed by atoms with Crippen LogP contribution in [0.5, 0.6) is 0 Å². The monoisotopic (exact) mass is 547 g/mol. The Morgan fingerprint density at radius 2 is 0.564 bits per heavy atom. The summed E-state index contributed by atoms with van der Waals surface area (Å²) < 4.78 is 5.39. The topological polar surface area (TPSA) is 9.23 Å². The van der Waals surface area contributed by atoms with Crippen LogP contribution in [0.1, 0.15) is 206 Å². The number of hydrogen-bond acceptors (Lipinski definition) is 1. The molecule has 0 fully saturated rings. The average Bonchev–Trinajstić information content (AvgIpc) is 2.95. The van der Waals surface area contributed by atoms with E-state index in [4.69, 9.17) is 4.74 Å². The highest BCUT2D eigenvalue weighted by atomic mass is 16.5. The van der Waals surface area contributed by atoms with Crippen LogP contribution in [0, 0.1) is 0 Å². The Bertz CT molecular complexity index is 465. The van der Waals surface area contributed by atoms with Crippen molar-refractivity contribution in [2.75, 3.05) is 13.2 Å². The summed E-state index contributed by atoms with van der Waals surface area (Å²) in [7, 11) is 0. The minimum atomic E-state index is 0.864. The van der Waals surface area contributed by atoms with Crippen molar-refractivity contribution in [3.8, 4) is 0 Å². The lowest BCUT2D eigenvalue weighted by Gasteiger charge is -2.03. The Labute approximate surface area is 248 Å². The van der Waals surface area contributed by atoms with Crippen molar-refractivity contribution < 1.29 is 4.74 Å². The molecule has 0 rings (SSSR count). The summed E-state index contributed by atoms with van der Waals surface area (Å²) in [6.45, 7) is 6.20. The summed E-state index contributed by atoms with van der Waals surface area (Å²) >= 11 is 0. The third-order valence-corrected chi connectivity index (χ3v) is 8.16. The van der Waals surface area contributed by atoms with Gasteiger partial charge in [-0.1, -0.05) is 166 Å². The van der Waals surface area contributed by atoms with Gasteiger partial charge in [-0.2, -0.15) is 0 Å². The molecule has 1 heteroatoms. The molecule has 0 N–H and O–H groups in total. The Hall–Kier alpha value is -0.560. The Morgan fingerprint density at radius 1 is 0.308 bits per heavy atom. The summed E-state index contributed by atoms with van der Waals surface area (Å²) in [6, 6.07) is 0. The van der Waals surface area contributed by atoms with Crippen LogP contribution in [0.3, 0.4) is 0 Å². The van der Waals surface area contributed by atoms with Gasteiger partial charge in [-0.3, -0.25) is 0 Å². The number of ether oxygens (including phenoxy) is 1. The minimum absolute atomic E-state index is 0.864. The highest BCUT2D eigenvalue weighted by molar-refractivity contribution is 4.83. The van der Waals surface area contributed by atoms with Gasteiger partial charge in [0.05, 0.1) is 0 Å². The van der Waals surface area contributed by atoms with Gasteiger partial charge in [0.25, 0.3) is 0 Å². The molecule has 0 amide bonds. The second kappa shape index (κ2) is 37.4. The molecule has 0 atom stereocenters. The molecule has 0 radical (unpaired) electrons. The predicted molar refractivity (Wildman–Crippen MR) is 179 cm³/mol. The van der Waals surface area contributed by atoms with Gasteiger partial charge in [0.2, 0.25) is 0 Å². The molecule has 1 nitrogen and oxygen atoms in total. The highest BCUT2D eigenvalue weighted by Gasteiger charge is 1.95. The molecule has 39 heavy (non-hydrogen) atoms. The molecule has 0 aliphatic carbocycles. The van der Waals surface area contributed by atoms with E-state index in [0.29, 0.717) is 0 Å². The van der Waals surface area contributed by atoms with Gasteiger partial charge < -0.3 is 4.74 Å². The highest BCUT2D eigenvalue weighted by Crippen LogP contribution is 2.15. The lowest BCUT2D eigenvalue weighted by atomic mass is 10.0. The molecule has 0 unspecified atom stereocenters. The smallest absolute Gasteiger partial charge is 0.0465 e. The van der Waals surface area contributed by atoms with Crippen molar-refractivity contribution >= 4 is 0 Å². The number of hydrogen-bond donors (Lipinski definition) is 0. The van der Waals surface area contributed by atoms with Crippen molar-refractivity contribution in [3.05, 3.63) is 24.3 Å². The zero-order valence-electron chi connectivity index (χ0n) is 27.3. The third-order valence-electron chi connectivity index (χ3n) is 8.16. The van der Waals surface area contributed by atoms with Gasteiger partial charge in [0.1, 0.15) is 0 Å². The molecular weight excluding hydrogens is 472 g/mol. The zero-order valence-corrected chi connectivity index (χ0v) is 27.3. The van der Waals surface area contributed by atoms with Crippen molar-refractivity contribution in [1.29, 1.82) is 0 Å². The largest absolute Gasteiger partial charge is 0.382 e. The Morgan fingerprint density at radius 3 is 0.872 bits per heavy atom. The van der Waals surface area contributed by atoms with Gasteiger partial charge in [-0.05, 0) is 64.7 Å². The van der Waals surface area contributed by atoms with Crippen LogP contribution in [-0.4, -0.2) is 13.2 Å². The molecule has 0 aromatic carbocycles. The third kappa shape index (κ3) is 37.4. The van der Waals surface area contributed by atoms with Crippen molar-refractivity contribution in [2.24, 2.45) is 0 Å². The first-order valence-corrected chi connectivity index (χ1v) is 18.3. The minimum Gasteiger partial charge on any atom is -0.382 e. The van der Waals surface area contributed by atoms with Gasteiger partial charge in [-0.15, -0.1) is 0 Å². The molecule has 0 aliphatic heterocycles.